The van der Waals surface area contributed by atoms with Gasteiger partial charge in [-0.2, -0.15) is 0 Å². The number of anilines is 1. The van der Waals surface area contributed by atoms with Crippen LogP contribution in [-0.4, -0.2) is 49.8 Å². The van der Waals surface area contributed by atoms with Crippen molar-refractivity contribution in [3.05, 3.63) is 53.2 Å². The lowest BCUT2D eigenvalue weighted by Gasteiger charge is -2.15. The van der Waals surface area contributed by atoms with E-state index in [-0.39, 0.29) is 18.0 Å². The first-order valence-corrected chi connectivity index (χ1v) is 11.7. The number of ether oxygens (including phenoxy) is 3. The van der Waals surface area contributed by atoms with Crippen LogP contribution in [0.25, 0.3) is 10.9 Å². The summed E-state index contributed by atoms with van der Waals surface area (Å²) in [5.74, 6) is 1.10. The van der Waals surface area contributed by atoms with Crippen LogP contribution in [0.1, 0.15) is 30.1 Å². The van der Waals surface area contributed by atoms with Gasteiger partial charge in [-0.1, -0.05) is 11.6 Å². The Kier molecular flexibility index (Phi) is 7.89. The summed E-state index contributed by atoms with van der Waals surface area (Å²) in [6.45, 7) is 3.48. The Labute approximate surface area is 208 Å². The van der Waals surface area contributed by atoms with E-state index in [2.05, 4.69) is 20.9 Å². The van der Waals surface area contributed by atoms with Crippen LogP contribution in [0.5, 0.6) is 17.2 Å². The number of hydrogen-bond donors (Lipinski definition) is 3. The van der Waals surface area contributed by atoms with E-state index >= 15 is 0 Å². The monoisotopic (exact) mass is 498 g/mol. The van der Waals surface area contributed by atoms with E-state index < -0.39 is 0 Å². The maximum atomic E-state index is 12.9. The van der Waals surface area contributed by atoms with E-state index in [1.807, 2.05) is 6.92 Å². The minimum Gasteiger partial charge on any atom is -0.496 e. The molecule has 0 saturated carbocycles. The zero-order chi connectivity index (χ0) is 24.8. The molecule has 3 aromatic rings. The smallest absolute Gasteiger partial charge is 0.319 e. The lowest BCUT2D eigenvalue weighted by atomic mass is 10.1. The zero-order valence-electron chi connectivity index (χ0n) is 19.5. The molecule has 10 heteroatoms. The zero-order valence-corrected chi connectivity index (χ0v) is 20.3. The van der Waals surface area contributed by atoms with Gasteiger partial charge in [-0.25, -0.2) is 4.79 Å². The van der Waals surface area contributed by atoms with Crippen LogP contribution < -0.4 is 25.4 Å². The van der Waals surface area contributed by atoms with Crippen molar-refractivity contribution in [1.82, 2.24) is 15.6 Å². The number of pyridine rings is 1. The van der Waals surface area contributed by atoms with Gasteiger partial charge >= 0.3 is 6.03 Å². The fourth-order valence-corrected chi connectivity index (χ4v) is 4.02. The molecular formula is C25H27ClN4O5. The van der Waals surface area contributed by atoms with Crippen molar-refractivity contribution in [2.24, 2.45) is 0 Å². The number of aromatic nitrogens is 1. The molecule has 1 unspecified atom stereocenters. The summed E-state index contributed by atoms with van der Waals surface area (Å²) in [7, 11) is 1.51. The highest BCUT2D eigenvalue weighted by molar-refractivity contribution is 6.33. The first-order valence-electron chi connectivity index (χ1n) is 11.4. The Hall–Kier alpha value is -3.56. The summed E-state index contributed by atoms with van der Waals surface area (Å²) in [6.07, 6.45) is 3.57. The number of nitrogens with zero attached hydrogens (tertiary/aromatic N) is 1. The normalized spacial score (nSPS) is 15.0. The number of nitrogens with one attached hydrogen (secondary N) is 3. The van der Waals surface area contributed by atoms with Crippen LogP contribution in [-0.2, 0) is 4.74 Å². The quantitative estimate of drug-likeness (QED) is 0.413. The maximum absolute atomic E-state index is 12.9. The number of urea groups is 1. The SMILES string of the molecule is CCNC(=O)Nc1ccc(Oc2ccnc3cc(OC)c(C(=O)NCC4CCCO4)cc23)cc1Cl. The van der Waals surface area contributed by atoms with Gasteiger partial charge in [0.1, 0.15) is 17.2 Å². The summed E-state index contributed by atoms with van der Waals surface area (Å²) >= 11 is 6.34. The van der Waals surface area contributed by atoms with Gasteiger partial charge in [0.2, 0.25) is 0 Å². The average Bonchev–Trinajstić information content (AvgIpc) is 3.37. The molecule has 0 aliphatic carbocycles. The van der Waals surface area contributed by atoms with Crippen molar-refractivity contribution in [2.45, 2.75) is 25.9 Å². The number of fused-ring (bicyclic) bond motifs is 1. The summed E-state index contributed by atoms with van der Waals surface area (Å²) in [5.41, 5.74) is 1.44. The van der Waals surface area contributed by atoms with Crippen molar-refractivity contribution < 1.29 is 23.8 Å². The molecule has 9 nitrogen and oxygen atoms in total. The molecule has 1 saturated heterocycles. The third-order valence-electron chi connectivity index (χ3n) is 5.54. The second kappa shape index (κ2) is 11.2. The lowest BCUT2D eigenvalue weighted by molar-refractivity contribution is 0.0855. The van der Waals surface area contributed by atoms with E-state index in [1.165, 1.54) is 7.11 Å². The number of amides is 3. The second-order valence-corrected chi connectivity index (χ2v) is 8.36. The summed E-state index contributed by atoms with van der Waals surface area (Å²) in [5, 5.41) is 9.21. The van der Waals surface area contributed by atoms with Gasteiger partial charge in [-0.05, 0) is 44.0 Å². The van der Waals surface area contributed by atoms with Crippen molar-refractivity contribution in [2.75, 3.05) is 32.1 Å². The van der Waals surface area contributed by atoms with Crippen LogP contribution >= 0.6 is 11.6 Å². The van der Waals surface area contributed by atoms with E-state index in [4.69, 9.17) is 25.8 Å². The number of rotatable bonds is 8. The molecule has 0 bridgehead atoms. The molecule has 3 N–H and O–H groups in total. The lowest BCUT2D eigenvalue weighted by Crippen LogP contribution is -2.32. The minimum atomic E-state index is -0.345. The number of carbonyl (C=O) groups excluding carboxylic acids is 2. The van der Waals surface area contributed by atoms with Crippen molar-refractivity contribution >= 4 is 40.1 Å². The molecule has 184 valence electrons. The molecule has 1 aliphatic heterocycles. The minimum absolute atomic E-state index is 0.0289. The molecule has 35 heavy (non-hydrogen) atoms. The van der Waals surface area contributed by atoms with Gasteiger partial charge in [0.05, 0.1) is 35.0 Å². The predicted molar refractivity (Wildman–Crippen MR) is 134 cm³/mol. The molecule has 2 heterocycles. The van der Waals surface area contributed by atoms with Crippen LogP contribution in [0, 0.1) is 0 Å². The van der Waals surface area contributed by atoms with E-state index in [9.17, 15) is 9.59 Å². The number of benzene rings is 2. The van der Waals surface area contributed by atoms with Crippen molar-refractivity contribution in [3.8, 4) is 17.2 Å². The molecule has 4 rings (SSSR count). The van der Waals surface area contributed by atoms with Crippen LogP contribution in [0.4, 0.5) is 10.5 Å². The third kappa shape index (κ3) is 5.93. The molecule has 0 radical (unpaired) electrons. The van der Waals surface area contributed by atoms with Crippen molar-refractivity contribution in [1.29, 1.82) is 0 Å². The fourth-order valence-electron chi connectivity index (χ4n) is 3.81. The standard InChI is InChI=1S/C25H27ClN4O5/c1-3-27-25(32)30-20-7-6-15(11-19(20)26)35-22-8-9-28-21-13-23(33-2)18(12-17(21)22)24(31)29-14-16-5-4-10-34-16/h6-9,11-13,16H,3-5,10,14H2,1-2H3,(H,29,31)(H2,27,30,32). The average molecular weight is 499 g/mol. The Morgan fingerprint density at radius 2 is 2.03 bits per heavy atom. The van der Waals surface area contributed by atoms with Crippen LogP contribution in [0.15, 0.2) is 42.6 Å². The molecule has 2 aromatic carbocycles. The van der Waals surface area contributed by atoms with Gasteiger partial charge in [-0.3, -0.25) is 9.78 Å². The highest BCUT2D eigenvalue weighted by Crippen LogP contribution is 2.35. The summed E-state index contributed by atoms with van der Waals surface area (Å²) < 4.78 is 17.1. The Bertz CT molecular complexity index is 1230. The van der Waals surface area contributed by atoms with E-state index in [1.54, 1.807) is 42.6 Å². The fraction of sp³-hybridized carbons (Fsp3) is 0.320. The summed E-state index contributed by atoms with van der Waals surface area (Å²) in [6, 6.07) is 9.72. The van der Waals surface area contributed by atoms with Crippen molar-refractivity contribution in [3.63, 3.8) is 0 Å². The van der Waals surface area contributed by atoms with E-state index in [0.717, 1.165) is 19.4 Å². The highest BCUT2D eigenvalue weighted by Gasteiger charge is 2.20. The van der Waals surface area contributed by atoms with Gasteiger partial charge in [0, 0.05) is 43.4 Å². The largest absolute Gasteiger partial charge is 0.496 e. The third-order valence-corrected chi connectivity index (χ3v) is 5.85. The number of methoxy groups -OCH3 is 1. The van der Waals surface area contributed by atoms with Gasteiger partial charge in [0.15, 0.2) is 0 Å². The molecule has 1 aliphatic rings. The first kappa shape index (κ1) is 24.6. The van der Waals surface area contributed by atoms with Gasteiger partial charge < -0.3 is 30.2 Å². The van der Waals surface area contributed by atoms with Crippen LogP contribution in [0.2, 0.25) is 5.02 Å². The molecule has 1 fully saturated rings. The molecule has 3 amide bonds. The Morgan fingerprint density at radius 1 is 1.17 bits per heavy atom. The molecule has 0 spiro atoms. The molecular weight excluding hydrogens is 472 g/mol. The number of carbonyl (C=O) groups is 2. The predicted octanol–water partition coefficient (Wildman–Crippen LogP) is 4.74. The maximum Gasteiger partial charge on any atom is 0.319 e. The number of halogens is 1. The van der Waals surface area contributed by atoms with Gasteiger partial charge in [-0.15, -0.1) is 0 Å². The first-order chi connectivity index (χ1) is 17.0. The Balaban J connectivity index is 1.58. The van der Waals surface area contributed by atoms with E-state index in [0.29, 0.717) is 57.5 Å². The molecule has 1 aromatic heterocycles. The second-order valence-electron chi connectivity index (χ2n) is 7.95. The van der Waals surface area contributed by atoms with Gasteiger partial charge in [0.25, 0.3) is 5.91 Å². The highest BCUT2D eigenvalue weighted by atomic mass is 35.5. The topological polar surface area (TPSA) is 111 Å². The van der Waals surface area contributed by atoms with Crippen LogP contribution in [0.3, 0.4) is 0 Å². The molecule has 1 atom stereocenters. The Morgan fingerprint density at radius 3 is 2.74 bits per heavy atom. The number of hydrogen-bond acceptors (Lipinski definition) is 6. The summed E-state index contributed by atoms with van der Waals surface area (Å²) in [4.78, 5) is 29.1.